The van der Waals surface area contributed by atoms with Gasteiger partial charge in [0.05, 0.1) is 6.61 Å². The van der Waals surface area contributed by atoms with Crippen molar-refractivity contribution in [1.29, 1.82) is 0 Å². The van der Waals surface area contributed by atoms with Crippen molar-refractivity contribution in [2.24, 2.45) is 52.3 Å². The van der Waals surface area contributed by atoms with Gasteiger partial charge in [0.2, 0.25) is 0 Å². The van der Waals surface area contributed by atoms with Crippen molar-refractivity contribution >= 4 is 5.78 Å². The molecular formula is C33H56O6. The Bertz CT molecular complexity index is 885. The van der Waals surface area contributed by atoms with Crippen LogP contribution in [0.3, 0.4) is 0 Å². The molecule has 12 atom stereocenters. The van der Waals surface area contributed by atoms with E-state index in [1.807, 2.05) is 0 Å². The van der Waals surface area contributed by atoms with Crippen LogP contribution in [-0.2, 0) is 4.79 Å². The van der Waals surface area contributed by atoms with Gasteiger partial charge in [-0.05, 0) is 104 Å². The first-order valence-corrected chi connectivity index (χ1v) is 15.9. The van der Waals surface area contributed by atoms with Gasteiger partial charge in [0, 0.05) is 0 Å². The van der Waals surface area contributed by atoms with Gasteiger partial charge in [-0.2, -0.15) is 0 Å². The van der Waals surface area contributed by atoms with Crippen LogP contribution in [-0.4, -0.2) is 62.3 Å². The highest BCUT2D eigenvalue weighted by Crippen LogP contribution is 2.67. The standard InChI is InChI=1S/C33H56O6/c1-19(2)7-6-8-20(3)24-11-12-25-23-10-9-22-17-21(28(36)30(38)31(39)29(37)27(35)18-34)13-15-32(22,4)26(23)14-16-33(24,25)5/h9,19-21,23-29,31,34-37,39H,6-8,10-18H2,1-5H3/t20-,21?,23?,24-,25?,26?,27-,28?,29+,31+,32+,33-/m1/s1. The number of allylic oxidation sites excluding steroid dienone is 2. The van der Waals surface area contributed by atoms with Crippen LogP contribution >= 0.6 is 0 Å². The zero-order valence-electron chi connectivity index (χ0n) is 25.1. The smallest absolute Gasteiger partial charge is 0.192 e. The molecule has 0 aromatic carbocycles. The quantitative estimate of drug-likeness (QED) is 0.240. The molecule has 0 aromatic rings. The van der Waals surface area contributed by atoms with Gasteiger partial charge in [-0.25, -0.2) is 0 Å². The minimum Gasteiger partial charge on any atom is -0.394 e. The van der Waals surface area contributed by atoms with E-state index in [0.29, 0.717) is 30.1 Å². The van der Waals surface area contributed by atoms with Crippen LogP contribution in [0.1, 0.15) is 105 Å². The number of carbonyl (C=O) groups excluding carboxylic acids is 1. The molecular weight excluding hydrogens is 492 g/mol. The molecule has 3 fully saturated rings. The Morgan fingerprint density at radius 1 is 0.974 bits per heavy atom. The number of aliphatic hydroxyl groups excluding tert-OH is 5. The first-order valence-electron chi connectivity index (χ1n) is 15.9. The van der Waals surface area contributed by atoms with Gasteiger partial charge in [-0.15, -0.1) is 0 Å². The molecule has 39 heavy (non-hydrogen) atoms. The molecule has 0 amide bonds. The molecule has 0 aromatic heterocycles. The molecule has 0 heterocycles. The number of fused-ring (bicyclic) bond motifs is 5. The van der Waals surface area contributed by atoms with Crippen molar-refractivity contribution in [2.75, 3.05) is 6.61 Å². The molecule has 3 saturated carbocycles. The Labute approximate surface area is 236 Å². The highest BCUT2D eigenvalue weighted by atomic mass is 16.4. The van der Waals surface area contributed by atoms with E-state index in [-0.39, 0.29) is 11.3 Å². The first-order chi connectivity index (χ1) is 18.3. The van der Waals surface area contributed by atoms with E-state index in [2.05, 4.69) is 40.7 Å². The minimum atomic E-state index is -1.92. The summed E-state index contributed by atoms with van der Waals surface area (Å²) in [6, 6.07) is 0. The zero-order valence-corrected chi connectivity index (χ0v) is 25.1. The maximum atomic E-state index is 12.7. The highest BCUT2D eigenvalue weighted by Gasteiger charge is 2.59. The number of hydrogen-bond acceptors (Lipinski definition) is 6. The number of ketones is 1. The molecule has 0 spiro atoms. The summed E-state index contributed by atoms with van der Waals surface area (Å²) in [4.78, 5) is 12.7. The van der Waals surface area contributed by atoms with Crippen molar-refractivity contribution in [2.45, 2.75) is 130 Å². The van der Waals surface area contributed by atoms with Crippen LogP contribution in [0.5, 0.6) is 0 Å². The van der Waals surface area contributed by atoms with Crippen molar-refractivity contribution in [1.82, 2.24) is 0 Å². The second-order valence-electron chi connectivity index (χ2n) is 14.8. The Morgan fingerprint density at radius 2 is 1.69 bits per heavy atom. The normalized spacial score (nSPS) is 40.1. The lowest BCUT2D eigenvalue weighted by Gasteiger charge is -2.58. The zero-order chi connectivity index (χ0) is 28.7. The summed E-state index contributed by atoms with van der Waals surface area (Å²) in [5, 5.41) is 49.7. The molecule has 4 aliphatic rings. The average molecular weight is 549 g/mol. The monoisotopic (exact) mass is 548 g/mol. The third kappa shape index (κ3) is 5.80. The second-order valence-corrected chi connectivity index (χ2v) is 14.8. The summed E-state index contributed by atoms with van der Waals surface area (Å²) in [7, 11) is 0. The van der Waals surface area contributed by atoms with E-state index in [4.69, 9.17) is 5.11 Å². The van der Waals surface area contributed by atoms with Crippen LogP contribution in [0.4, 0.5) is 0 Å². The van der Waals surface area contributed by atoms with Crippen molar-refractivity contribution in [3.63, 3.8) is 0 Å². The van der Waals surface area contributed by atoms with Gasteiger partial charge in [0.15, 0.2) is 5.78 Å². The number of Topliss-reactive ketones (excluding diaryl/α,β-unsaturated/α-hetero) is 1. The fraction of sp³-hybridized carbons (Fsp3) is 0.909. The van der Waals surface area contributed by atoms with E-state index < -0.39 is 36.8 Å². The maximum Gasteiger partial charge on any atom is 0.192 e. The van der Waals surface area contributed by atoms with Gasteiger partial charge in [0.25, 0.3) is 0 Å². The Balaban J connectivity index is 1.43. The van der Waals surface area contributed by atoms with Crippen LogP contribution < -0.4 is 0 Å². The second kappa shape index (κ2) is 12.2. The third-order valence-corrected chi connectivity index (χ3v) is 12.3. The predicted octanol–water partition coefficient (Wildman–Crippen LogP) is 4.65. The summed E-state index contributed by atoms with van der Waals surface area (Å²) >= 11 is 0. The fourth-order valence-corrected chi connectivity index (χ4v) is 9.88. The SMILES string of the molecule is CC(C)CCC[C@@H](C)[C@H]1CCC2C3CC=C4CC(C(O)C(=O)[C@@H](O)[C@@H](O)[C@H](O)CO)CC[C@]4(C)C3CC[C@@]21C. The average Bonchev–Trinajstić information content (AvgIpc) is 3.27. The number of carbonyl (C=O) groups is 1. The summed E-state index contributed by atoms with van der Waals surface area (Å²) in [6.07, 6.45) is 8.35. The predicted molar refractivity (Wildman–Crippen MR) is 153 cm³/mol. The highest BCUT2D eigenvalue weighted by molar-refractivity contribution is 5.87. The molecule has 0 aliphatic heterocycles. The van der Waals surface area contributed by atoms with Crippen molar-refractivity contribution in [3.8, 4) is 0 Å². The van der Waals surface area contributed by atoms with Gasteiger partial charge in [0.1, 0.15) is 24.4 Å². The summed E-state index contributed by atoms with van der Waals surface area (Å²) in [5.41, 5.74) is 1.89. The van der Waals surface area contributed by atoms with E-state index in [1.54, 1.807) is 0 Å². The molecule has 6 heteroatoms. The molecule has 4 rings (SSSR count). The van der Waals surface area contributed by atoms with Gasteiger partial charge < -0.3 is 25.5 Å². The summed E-state index contributed by atoms with van der Waals surface area (Å²) in [5.74, 6) is 3.37. The molecule has 0 saturated heterocycles. The van der Waals surface area contributed by atoms with Crippen LogP contribution in [0.2, 0.25) is 0 Å². The Hall–Kier alpha value is -0.790. The number of aliphatic hydroxyl groups is 5. The number of rotatable bonds is 11. The fourth-order valence-electron chi connectivity index (χ4n) is 9.88. The topological polar surface area (TPSA) is 118 Å². The minimum absolute atomic E-state index is 0.0930. The lowest BCUT2D eigenvalue weighted by molar-refractivity contribution is -0.152. The van der Waals surface area contributed by atoms with Crippen LogP contribution in [0.25, 0.3) is 0 Å². The maximum absolute atomic E-state index is 12.7. The summed E-state index contributed by atoms with van der Waals surface area (Å²) < 4.78 is 0. The molecule has 6 nitrogen and oxygen atoms in total. The largest absolute Gasteiger partial charge is 0.394 e. The van der Waals surface area contributed by atoms with Crippen molar-refractivity contribution < 1.29 is 30.3 Å². The van der Waals surface area contributed by atoms with E-state index in [1.165, 1.54) is 50.5 Å². The lowest BCUT2D eigenvalue weighted by atomic mass is 9.46. The van der Waals surface area contributed by atoms with Crippen molar-refractivity contribution in [3.05, 3.63) is 11.6 Å². The van der Waals surface area contributed by atoms with Crippen LogP contribution in [0, 0.1) is 52.3 Å². The third-order valence-electron chi connectivity index (χ3n) is 12.3. The van der Waals surface area contributed by atoms with E-state index in [0.717, 1.165) is 36.5 Å². The van der Waals surface area contributed by atoms with E-state index >= 15 is 0 Å². The molecule has 4 aliphatic carbocycles. The van der Waals surface area contributed by atoms with Gasteiger partial charge >= 0.3 is 0 Å². The lowest BCUT2D eigenvalue weighted by Crippen LogP contribution is -2.52. The molecule has 5 N–H and O–H groups in total. The molecule has 5 unspecified atom stereocenters. The van der Waals surface area contributed by atoms with Gasteiger partial charge in [-0.1, -0.05) is 65.5 Å². The first kappa shape index (κ1) is 31.2. The Morgan fingerprint density at radius 3 is 2.36 bits per heavy atom. The Kier molecular flexibility index (Phi) is 9.75. The molecule has 0 radical (unpaired) electrons. The molecule has 224 valence electrons. The number of hydrogen-bond donors (Lipinski definition) is 5. The van der Waals surface area contributed by atoms with E-state index in [9.17, 15) is 25.2 Å². The summed E-state index contributed by atoms with van der Waals surface area (Å²) in [6.45, 7) is 11.4. The van der Waals surface area contributed by atoms with Gasteiger partial charge in [-0.3, -0.25) is 4.79 Å². The van der Waals surface area contributed by atoms with Crippen LogP contribution in [0.15, 0.2) is 11.6 Å². The molecule has 0 bridgehead atoms.